The summed E-state index contributed by atoms with van der Waals surface area (Å²) in [5.41, 5.74) is 2.14. The highest BCUT2D eigenvalue weighted by molar-refractivity contribution is 5.82. The predicted octanol–water partition coefficient (Wildman–Crippen LogP) is 1.81. The quantitative estimate of drug-likeness (QED) is 0.896. The third-order valence-electron chi connectivity index (χ3n) is 4.84. The first-order valence-electron chi connectivity index (χ1n) is 8.87. The van der Waals surface area contributed by atoms with Gasteiger partial charge in [0.25, 0.3) is 0 Å². The van der Waals surface area contributed by atoms with E-state index >= 15 is 0 Å². The molecule has 5 heteroatoms. The molecular formula is C19H27N3O2. The minimum Gasteiger partial charge on any atom is -0.378 e. The average Bonchev–Trinajstić information content (AvgIpc) is 3.39. The number of nitrogens with zero attached hydrogens (tertiary/aromatic N) is 2. The van der Waals surface area contributed by atoms with Gasteiger partial charge in [-0.3, -0.25) is 9.59 Å². The zero-order valence-corrected chi connectivity index (χ0v) is 14.6. The van der Waals surface area contributed by atoms with Crippen LogP contribution in [0.5, 0.6) is 0 Å². The molecule has 1 saturated heterocycles. The van der Waals surface area contributed by atoms with E-state index < -0.39 is 0 Å². The highest BCUT2D eigenvalue weighted by atomic mass is 16.2. The van der Waals surface area contributed by atoms with Gasteiger partial charge in [-0.05, 0) is 43.4 Å². The monoisotopic (exact) mass is 329 g/mol. The normalized spacial score (nSPS) is 20.6. The largest absolute Gasteiger partial charge is 0.378 e. The van der Waals surface area contributed by atoms with Gasteiger partial charge in [-0.1, -0.05) is 12.1 Å². The molecule has 1 aliphatic carbocycles. The van der Waals surface area contributed by atoms with Crippen LogP contribution >= 0.6 is 0 Å². The van der Waals surface area contributed by atoms with Gasteiger partial charge in [0.2, 0.25) is 11.8 Å². The standard InChI is InChI=1S/C19H27N3O2/c1-21(2)17-9-5-14(6-10-17)12-18(23)20-16-4-3-11-22(13-16)19(24)15-7-8-15/h5-6,9-10,15-16H,3-4,7-8,11-13H2,1-2H3,(H,20,23). The maximum Gasteiger partial charge on any atom is 0.225 e. The van der Waals surface area contributed by atoms with Crippen molar-refractivity contribution in [2.24, 2.45) is 5.92 Å². The van der Waals surface area contributed by atoms with Crippen molar-refractivity contribution in [3.63, 3.8) is 0 Å². The molecule has 1 saturated carbocycles. The number of nitrogens with one attached hydrogen (secondary N) is 1. The number of rotatable bonds is 5. The Morgan fingerprint density at radius 1 is 1.17 bits per heavy atom. The van der Waals surface area contributed by atoms with E-state index in [-0.39, 0.29) is 23.8 Å². The SMILES string of the molecule is CN(C)c1ccc(CC(=O)NC2CCCN(C(=O)C3CC3)C2)cc1. The van der Waals surface area contributed by atoms with Crippen LogP contribution in [0.25, 0.3) is 0 Å². The molecule has 0 aromatic heterocycles. The Labute approximate surface area is 144 Å². The Balaban J connectivity index is 1.49. The van der Waals surface area contributed by atoms with Crippen molar-refractivity contribution >= 4 is 17.5 Å². The number of likely N-dealkylation sites (tertiary alicyclic amines) is 1. The third-order valence-corrected chi connectivity index (χ3v) is 4.84. The van der Waals surface area contributed by atoms with Crippen LogP contribution in [0.4, 0.5) is 5.69 Å². The Bertz CT molecular complexity index is 593. The van der Waals surface area contributed by atoms with Gasteiger partial charge in [-0.25, -0.2) is 0 Å². The van der Waals surface area contributed by atoms with Gasteiger partial charge in [0.1, 0.15) is 0 Å². The summed E-state index contributed by atoms with van der Waals surface area (Å²) >= 11 is 0. The summed E-state index contributed by atoms with van der Waals surface area (Å²) in [5.74, 6) is 0.584. The topological polar surface area (TPSA) is 52.7 Å². The van der Waals surface area contributed by atoms with Crippen LogP contribution in [0, 0.1) is 5.92 Å². The van der Waals surface area contributed by atoms with E-state index in [1.165, 1.54) is 0 Å². The molecule has 0 spiro atoms. The summed E-state index contributed by atoms with van der Waals surface area (Å²) in [7, 11) is 4.00. The van der Waals surface area contributed by atoms with Crippen LogP contribution in [0.1, 0.15) is 31.2 Å². The van der Waals surface area contributed by atoms with Crippen molar-refractivity contribution in [2.45, 2.75) is 38.1 Å². The molecule has 0 bridgehead atoms. The average molecular weight is 329 g/mol. The lowest BCUT2D eigenvalue weighted by Gasteiger charge is -2.33. The van der Waals surface area contributed by atoms with E-state index in [9.17, 15) is 9.59 Å². The van der Waals surface area contributed by atoms with Crippen LogP contribution in [0.2, 0.25) is 0 Å². The Hall–Kier alpha value is -2.04. The first-order valence-corrected chi connectivity index (χ1v) is 8.87. The zero-order chi connectivity index (χ0) is 17.1. The molecule has 5 nitrogen and oxygen atoms in total. The predicted molar refractivity (Wildman–Crippen MR) is 94.9 cm³/mol. The second-order valence-corrected chi connectivity index (χ2v) is 7.20. The summed E-state index contributed by atoms with van der Waals surface area (Å²) in [6.45, 7) is 1.51. The number of anilines is 1. The molecule has 1 unspecified atom stereocenters. The van der Waals surface area contributed by atoms with Crippen LogP contribution in [-0.4, -0.2) is 49.9 Å². The Morgan fingerprint density at radius 2 is 1.88 bits per heavy atom. The Kier molecular flexibility index (Phi) is 5.07. The van der Waals surface area contributed by atoms with Crippen molar-refractivity contribution < 1.29 is 9.59 Å². The lowest BCUT2D eigenvalue weighted by molar-refractivity contribution is -0.134. The molecule has 3 rings (SSSR count). The van der Waals surface area contributed by atoms with E-state index in [1.54, 1.807) is 0 Å². The molecule has 1 aliphatic heterocycles. The smallest absolute Gasteiger partial charge is 0.225 e. The zero-order valence-electron chi connectivity index (χ0n) is 14.6. The number of amides is 2. The number of hydrogen-bond donors (Lipinski definition) is 1. The van der Waals surface area contributed by atoms with E-state index in [4.69, 9.17) is 0 Å². The second-order valence-electron chi connectivity index (χ2n) is 7.20. The molecule has 1 heterocycles. The third kappa shape index (κ3) is 4.28. The second kappa shape index (κ2) is 7.24. The summed E-state index contributed by atoms with van der Waals surface area (Å²) in [4.78, 5) is 28.5. The van der Waals surface area contributed by atoms with Crippen molar-refractivity contribution in [3.05, 3.63) is 29.8 Å². The van der Waals surface area contributed by atoms with Crippen LogP contribution in [-0.2, 0) is 16.0 Å². The number of benzene rings is 1. The van der Waals surface area contributed by atoms with Crippen molar-refractivity contribution in [2.75, 3.05) is 32.1 Å². The molecule has 1 aromatic rings. The maximum atomic E-state index is 12.3. The number of piperidine rings is 1. The van der Waals surface area contributed by atoms with Crippen molar-refractivity contribution in [1.29, 1.82) is 0 Å². The van der Waals surface area contributed by atoms with Gasteiger partial charge in [0.15, 0.2) is 0 Å². The molecule has 0 radical (unpaired) electrons. The maximum absolute atomic E-state index is 12.3. The fourth-order valence-electron chi connectivity index (χ4n) is 3.26. The van der Waals surface area contributed by atoms with Gasteiger partial charge in [0, 0.05) is 44.8 Å². The van der Waals surface area contributed by atoms with Crippen LogP contribution < -0.4 is 10.2 Å². The molecule has 2 aliphatic rings. The van der Waals surface area contributed by atoms with Gasteiger partial charge in [-0.15, -0.1) is 0 Å². The molecule has 1 aromatic carbocycles. The molecule has 24 heavy (non-hydrogen) atoms. The van der Waals surface area contributed by atoms with E-state index in [1.807, 2.05) is 48.2 Å². The van der Waals surface area contributed by atoms with Crippen LogP contribution in [0.3, 0.4) is 0 Å². The van der Waals surface area contributed by atoms with E-state index in [2.05, 4.69) is 5.32 Å². The molecule has 2 fully saturated rings. The lowest BCUT2D eigenvalue weighted by Crippen LogP contribution is -2.50. The molecule has 1 N–H and O–H groups in total. The molecular weight excluding hydrogens is 302 g/mol. The number of carbonyl (C=O) groups excluding carboxylic acids is 2. The fourth-order valence-corrected chi connectivity index (χ4v) is 3.26. The van der Waals surface area contributed by atoms with Crippen molar-refractivity contribution in [3.8, 4) is 0 Å². The summed E-state index contributed by atoms with van der Waals surface area (Å²) < 4.78 is 0. The fraction of sp³-hybridized carbons (Fsp3) is 0.579. The number of carbonyl (C=O) groups is 2. The molecule has 2 amide bonds. The van der Waals surface area contributed by atoms with Gasteiger partial charge >= 0.3 is 0 Å². The minimum atomic E-state index is 0.0401. The Morgan fingerprint density at radius 3 is 2.50 bits per heavy atom. The van der Waals surface area contributed by atoms with Gasteiger partial charge < -0.3 is 15.1 Å². The lowest BCUT2D eigenvalue weighted by atomic mass is 10.0. The number of hydrogen-bond acceptors (Lipinski definition) is 3. The van der Waals surface area contributed by atoms with Gasteiger partial charge in [-0.2, -0.15) is 0 Å². The van der Waals surface area contributed by atoms with Gasteiger partial charge in [0.05, 0.1) is 6.42 Å². The van der Waals surface area contributed by atoms with E-state index in [0.29, 0.717) is 13.0 Å². The first kappa shape index (κ1) is 16.8. The van der Waals surface area contributed by atoms with Crippen LogP contribution in [0.15, 0.2) is 24.3 Å². The van der Waals surface area contributed by atoms with E-state index in [0.717, 1.165) is 43.5 Å². The highest BCUT2D eigenvalue weighted by Crippen LogP contribution is 2.31. The minimum absolute atomic E-state index is 0.0401. The van der Waals surface area contributed by atoms with Crippen molar-refractivity contribution in [1.82, 2.24) is 10.2 Å². The summed E-state index contributed by atoms with van der Waals surface area (Å²) in [6, 6.07) is 8.14. The highest BCUT2D eigenvalue weighted by Gasteiger charge is 2.35. The molecule has 130 valence electrons. The first-order chi connectivity index (χ1) is 11.5. The summed E-state index contributed by atoms with van der Waals surface area (Å²) in [6.07, 6.45) is 4.39. The summed E-state index contributed by atoms with van der Waals surface area (Å²) in [5, 5.41) is 3.11. The molecule has 1 atom stereocenters.